The molecule has 2 aromatic rings. The highest BCUT2D eigenvalue weighted by atomic mass is 16.5. The van der Waals surface area contributed by atoms with Gasteiger partial charge in [-0.15, -0.1) is 0 Å². The molecule has 2 atom stereocenters. The van der Waals surface area contributed by atoms with E-state index in [4.69, 9.17) is 9.47 Å². The van der Waals surface area contributed by atoms with Gasteiger partial charge in [0.2, 0.25) is 5.91 Å². The zero-order valence-electron chi connectivity index (χ0n) is 17.9. The molecule has 1 saturated heterocycles. The molecule has 0 radical (unpaired) electrons. The fourth-order valence-electron chi connectivity index (χ4n) is 3.73. The predicted molar refractivity (Wildman–Crippen MR) is 115 cm³/mol. The molecule has 2 aromatic carbocycles. The first-order valence-electron chi connectivity index (χ1n) is 10.4. The van der Waals surface area contributed by atoms with Gasteiger partial charge in [-0.1, -0.05) is 48.5 Å². The number of methoxy groups -OCH3 is 1. The number of carbonyl (C=O) groups is 3. The molecule has 1 N–H and O–H groups in total. The number of benzene rings is 2. The average Bonchev–Trinajstić information content (AvgIpc) is 3.19. The van der Waals surface area contributed by atoms with E-state index in [1.807, 2.05) is 61.5 Å². The second kappa shape index (κ2) is 10.6. The number of nitrogens with zero attached hydrogens (tertiary/aromatic N) is 1. The Morgan fingerprint density at radius 3 is 2.58 bits per heavy atom. The lowest BCUT2D eigenvalue weighted by atomic mass is 10.1. The van der Waals surface area contributed by atoms with Crippen molar-refractivity contribution >= 4 is 17.8 Å². The van der Waals surface area contributed by atoms with Crippen molar-refractivity contribution in [1.82, 2.24) is 10.2 Å². The van der Waals surface area contributed by atoms with E-state index in [9.17, 15) is 14.4 Å². The number of esters is 1. The quantitative estimate of drug-likeness (QED) is 0.626. The van der Waals surface area contributed by atoms with Crippen LogP contribution in [0.2, 0.25) is 0 Å². The zero-order chi connectivity index (χ0) is 22.2. The Morgan fingerprint density at radius 2 is 1.84 bits per heavy atom. The van der Waals surface area contributed by atoms with E-state index in [2.05, 4.69) is 5.32 Å². The first kappa shape index (κ1) is 22.3. The van der Waals surface area contributed by atoms with Crippen LogP contribution in [0.15, 0.2) is 54.6 Å². The number of likely N-dealkylation sites (tertiary alicyclic amines) is 1. The first-order chi connectivity index (χ1) is 15.0. The summed E-state index contributed by atoms with van der Waals surface area (Å²) in [4.78, 5) is 38.5. The standard InChI is InChI=1S/C24H28N2O5/c1-17(18-8-4-3-5-9-18)26-15-20(14-23(26)28)24(29)31-16-22(27)25-13-12-19-10-6-7-11-21(19)30-2/h3-11,17,20H,12-16H2,1-2H3,(H,25,27)/t17-,20+/m0/s1. The van der Waals surface area contributed by atoms with Gasteiger partial charge < -0.3 is 19.7 Å². The van der Waals surface area contributed by atoms with Crippen LogP contribution in [0.1, 0.15) is 30.5 Å². The minimum atomic E-state index is -0.556. The topological polar surface area (TPSA) is 84.9 Å². The lowest BCUT2D eigenvalue weighted by molar-refractivity contribution is -0.152. The molecule has 1 aliphatic heterocycles. The molecule has 0 saturated carbocycles. The van der Waals surface area contributed by atoms with Gasteiger partial charge in [0.15, 0.2) is 6.61 Å². The molecule has 0 unspecified atom stereocenters. The lowest BCUT2D eigenvalue weighted by Crippen LogP contribution is -2.33. The molecule has 1 aliphatic rings. The molecule has 7 nitrogen and oxygen atoms in total. The van der Waals surface area contributed by atoms with Gasteiger partial charge in [0, 0.05) is 19.5 Å². The molecule has 0 aromatic heterocycles. The number of hydrogen-bond donors (Lipinski definition) is 1. The summed E-state index contributed by atoms with van der Waals surface area (Å²) in [5, 5.41) is 2.74. The molecule has 3 rings (SSSR count). The molecule has 7 heteroatoms. The molecule has 0 spiro atoms. The highest BCUT2D eigenvalue weighted by Crippen LogP contribution is 2.29. The SMILES string of the molecule is COc1ccccc1CCNC(=O)COC(=O)[C@@H]1CC(=O)N([C@@H](C)c2ccccc2)C1. The van der Waals surface area contributed by atoms with Crippen LogP contribution < -0.4 is 10.1 Å². The van der Waals surface area contributed by atoms with E-state index < -0.39 is 11.9 Å². The summed E-state index contributed by atoms with van der Waals surface area (Å²) in [6, 6.07) is 17.2. The Balaban J connectivity index is 1.42. The van der Waals surface area contributed by atoms with Crippen LogP contribution >= 0.6 is 0 Å². The van der Waals surface area contributed by atoms with Crippen molar-refractivity contribution in [2.75, 3.05) is 26.8 Å². The van der Waals surface area contributed by atoms with Crippen molar-refractivity contribution in [3.05, 3.63) is 65.7 Å². The fourth-order valence-corrected chi connectivity index (χ4v) is 3.73. The van der Waals surface area contributed by atoms with Gasteiger partial charge in [-0.3, -0.25) is 14.4 Å². The van der Waals surface area contributed by atoms with E-state index in [1.165, 1.54) is 0 Å². The minimum absolute atomic E-state index is 0.0837. The third-order valence-corrected chi connectivity index (χ3v) is 5.50. The normalized spacial score (nSPS) is 16.6. The summed E-state index contributed by atoms with van der Waals surface area (Å²) >= 11 is 0. The molecule has 1 fully saturated rings. The van der Waals surface area contributed by atoms with Gasteiger partial charge in [-0.05, 0) is 30.5 Å². The number of rotatable bonds is 9. The van der Waals surface area contributed by atoms with E-state index in [-0.39, 0.29) is 30.9 Å². The smallest absolute Gasteiger partial charge is 0.311 e. The highest BCUT2D eigenvalue weighted by Gasteiger charge is 2.38. The van der Waals surface area contributed by atoms with Crippen LogP contribution in [-0.2, 0) is 25.5 Å². The number of amides is 2. The van der Waals surface area contributed by atoms with Crippen LogP contribution in [-0.4, -0.2) is 49.5 Å². The third-order valence-electron chi connectivity index (χ3n) is 5.50. The van der Waals surface area contributed by atoms with Crippen molar-refractivity contribution in [3.63, 3.8) is 0 Å². The summed E-state index contributed by atoms with van der Waals surface area (Å²) in [5.74, 6) is -0.763. The molecule has 164 valence electrons. The van der Waals surface area contributed by atoms with Crippen LogP contribution in [0.3, 0.4) is 0 Å². The number of carbonyl (C=O) groups excluding carboxylic acids is 3. The van der Waals surface area contributed by atoms with Crippen LogP contribution in [0.5, 0.6) is 5.75 Å². The molecule has 0 bridgehead atoms. The molecule has 0 aliphatic carbocycles. The van der Waals surface area contributed by atoms with Gasteiger partial charge in [-0.25, -0.2) is 0 Å². The van der Waals surface area contributed by atoms with Gasteiger partial charge >= 0.3 is 5.97 Å². The maximum absolute atomic E-state index is 12.4. The molecule has 2 amide bonds. The van der Waals surface area contributed by atoms with Crippen molar-refractivity contribution in [2.45, 2.75) is 25.8 Å². The first-order valence-corrected chi connectivity index (χ1v) is 10.4. The van der Waals surface area contributed by atoms with Crippen molar-refractivity contribution < 1.29 is 23.9 Å². The largest absolute Gasteiger partial charge is 0.496 e. The highest BCUT2D eigenvalue weighted by molar-refractivity contribution is 5.88. The Kier molecular flexibility index (Phi) is 7.65. The van der Waals surface area contributed by atoms with E-state index in [1.54, 1.807) is 12.0 Å². The molecular formula is C24H28N2O5. The number of ether oxygens (including phenoxy) is 2. The summed E-state index contributed by atoms with van der Waals surface area (Å²) < 4.78 is 10.5. The molecular weight excluding hydrogens is 396 g/mol. The van der Waals surface area contributed by atoms with Crippen LogP contribution in [0.4, 0.5) is 0 Å². The molecule has 1 heterocycles. The molecule has 31 heavy (non-hydrogen) atoms. The van der Waals surface area contributed by atoms with E-state index in [0.717, 1.165) is 16.9 Å². The fraction of sp³-hybridized carbons (Fsp3) is 0.375. The van der Waals surface area contributed by atoms with Gasteiger partial charge in [0.25, 0.3) is 5.91 Å². The van der Waals surface area contributed by atoms with Crippen LogP contribution in [0.25, 0.3) is 0 Å². The van der Waals surface area contributed by atoms with Crippen LogP contribution in [0, 0.1) is 5.92 Å². The van der Waals surface area contributed by atoms with Gasteiger partial charge in [0.1, 0.15) is 5.75 Å². The Hall–Kier alpha value is -3.35. The second-order valence-corrected chi connectivity index (χ2v) is 7.55. The van der Waals surface area contributed by atoms with Crippen molar-refractivity contribution in [3.8, 4) is 5.75 Å². The summed E-state index contributed by atoms with van der Waals surface area (Å²) in [6.07, 6.45) is 0.707. The number of hydrogen-bond acceptors (Lipinski definition) is 5. The minimum Gasteiger partial charge on any atom is -0.496 e. The predicted octanol–water partition coefficient (Wildman–Crippen LogP) is 2.51. The zero-order valence-corrected chi connectivity index (χ0v) is 17.9. The average molecular weight is 424 g/mol. The van der Waals surface area contributed by atoms with Crippen molar-refractivity contribution in [2.24, 2.45) is 5.92 Å². The summed E-state index contributed by atoms with van der Waals surface area (Å²) in [7, 11) is 1.60. The maximum atomic E-state index is 12.4. The Bertz CT molecular complexity index is 915. The van der Waals surface area contributed by atoms with E-state index in [0.29, 0.717) is 19.5 Å². The third kappa shape index (κ3) is 5.84. The van der Waals surface area contributed by atoms with Gasteiger partial charge in [0.05, 0.1) is 19.1 Å². The summed E-state index contributed by atoms with van der Waals surface area (Å²) in [6.45, 7) is 2.28. The Labute approximate surface area is 182 Å². The Morgan fingerprint density at radius 1 is 1.13 bits per heavy atom. The van der Waals surface area contributed by atoms with E-state index >= 15 is 0 Å². The number of nitrogens with one attached hydrogen (secondary N) is 1. The summed E-state index contributed by atoms with van der Waals surface area (Å²) in [5.41, 5.74) is 2.00. The monoisotopic (exact) mass is 424 g/mol. The lowest BCUT2D eigenvalue weighted by Gasteiger charge is -2.25. The van der Waals surface area contributed by atoms with Crippen molar-refractivity contribution in [1.29, 1.82) is 0 Å². The van der Waals surface area contributed by atoms with Gasteiger partial charge in [-0.2, -0.15) is 0 Å². The number of para-hydroxylation sites is 1. The maximum Gasteiger partial charge on any atom is 0.311 e. The second-order valence-electron chi connectivity index (χ2n) is 7.55.